The molecule has 2 aromatic rings. The Morgan fingerprint density at radius 2 is 2.00 bits per heavy atom. The SMILES string of the molecule is COC(=O)c1ccc([C@@H]2SC(C)=Nc3c2c(=O)[nH]n3C(C)C)cc1. The first-order valence-electron chi connectivity index (χ1n) is 7.67. The summed E-state index contributed by atoms with van der Waals surface area (Å²) in [7, 11) is 1.35. The fourth-order valence-corrected chi connectivity index (χ4v) is 3.83. The van der Waals surface area contributed by atoms with Gasteiger partial charge in [-0.05, 0) is 38.5 Å². The molecule has 1 aromatic heterocycles. The van der Waals surface area contributed by atoms with Crippen molar-refractivity contribution in [3.8, 4) is 0 Å². The molecule has 0 amide bonds. The van der Waals surface area contributed by atoms with Gasteiger partial charge >= 0.3 is 5.97 Å². The van der Waals surface area contributed by atoms with Crippen LogP contribution in [0.3, 0.4) is 0 Å². The molecule has 1 atom stereocenters. The van der Waals surface area contributed by atoms with Gasteiger partial charge in [0.25, 0.3) is 5.56 Å². The first-order valence-corrected chi connectivity index (χ1v) is 8.55. The molecular weight excluding hydrogens is 326 g/mol. The fraction of sp³-hybridized carbons (Fsp3) is 0.353. The lowest BCUT2D eigenvalue weighted by molar-refractivity contribution is 0.0600. The molecule has 0 radical (unpaired) electrons. The molecule has 7 heteroatoms. The lowest BCUT2D eigenvalue weighted by Gasteiger charge is -2.21. The number of aromatic amines is 1. The quantitative estimate of drug-likeness (QED) is 0.865. The van der Waals surface area contributed by atoms with Crippen LogP contribution in [0.2, 0.25) is 0 Å². The van der Waals surface area contributed by atoms with Gasteiger partial charge in [-0.1, -0.05) is 23.9 Å². The van der Waals surface area contributed by atoms with Gasteiger partial charge in [0.2, 0.25) is 0 Å². The number of aliphatic imine (C=N–C) groups is 1. The largest absolute Gasteiger partial charge is 0.465 e. The average molecular weight is 345 g/mol. The van der Waals surface area contributed by atoms with Crippen molar-refractivity contribution in [2.24, 2.45) is 4.99 Å². The van der Waals surface area contributed by atoms with Gasteiger partial charge in [-0.25, -0.2) is 9.79 Å². The normalized spacial score (nSPS) is 16.7. The number of carbonyl (C=O) groups excluding carboxylic acids is 1. The van der Waals surface area contributed by atoms with Gasteiger partial charge in [0.1, 0.15) is 0 Å². The zero-order chi connectivity index (χ0) is 17.4. The molecule has 0 spiro atoms. The van der Waals surface area contributed by atoms with Crippen molar-refractivity contribution in [3.05, 3.63) is 51.3 Å². The van der Waals surface area contributed by atoms with E-state index >= 15 is 0 Å². The van der Waals surface area contributed by atoms with E-state index in [-0.39, 0.29) is 22.8 Å². The number of nitrogens with zero attached hydrogens (tertiary/aromatic N) is 2. The lowest BCUT2D eigenvalue weighted by atomic mass is 10.0. The highest BCUT2D eigenvalue weighted by molar-refractivity contribution is 8.14. The number of fused-ring (bicyclic) bond motifs is 1. The van der Waals surface area contributed by atoms with Crippen LogP contribution < -0.4 is 5.56 Å². The Labute approximate surface area is 143 Å². The molecular formula is C17H19N3O3S. The van der Waals surface area contributed by atoms with Crippen molar-refractivity contribution in [2.75, 3.05) is 7.11 Å². The van der Waals surface area contributed by atoms with Gasteiger partial charge in [0.05, 0.1) is 28.5 Å². The van der Waals surface area contributed by atoms with E-state index in [0.717, 1.165) is 10.6 Å². The Bertz CT molecular complexity index is 862. The van der Waals surface area contributed by atoms with E-state index in [1.54, 1.807) is 28.6 Å². The van der Waals surface area contributed by atoms with Crippen LogP contribution in [0.1, 0.15) is 53.5 Å². The number of H-pyrrole nitrogens is 1. The maximum Gasteiger partial charge on any atom is 0.337 e. The van der Waals surface area contributed by atoms with E-state index in [0.29, 0.717) is 16.9 Å². The molecule has 1 aliphatic rings. The van der Waals surface area contributed by atoms with Crippen molar-refractivity contribution in [1.29, 1.82) is 0 Å². The minimum absolute atomic E-state index is 0.114. The van der Waals surface area contributed by atoms with E-state index in [4.69, 9.17) is 4.74 Å². The van der Waals surface area contributed by atoms with Gasteiger partial charge < -0.3 is 4.74 Å². The molecule has 1 aliphatic heterocycles. The summed E-state index contributed by atoms with van der Waals surface area (Å²) in [5.41, 5.74) is 1.98. The Morgan fingerprint density at radius 3 is 2.58 bits per heavy atom. The standard InChI is InChI=1S/C17H19N3O3S/c1-9(2)20-15-13(16(21)19-20)14(24-10(3)18-15)11-5-7-12(8-6-11)17(22)23-4/h5-9,14H,1-4H3,(H,19,21)/t14-/m0/s1. The second-order valence-corrected chi connectivity index (χ2v) is 7.18. The molecule has 126 valence electrons. The Kier molecular flexibility index (Phi) is 4.36. The Balaban J connectivity index is 2.07. The summed E-state index contributed by atoms with van der Waals surface area (Å²) in [6.07, 6.45) is 0. The third-order valence-corrected chi connectivity index (χ3v) is 5.08. The first kappa shape index (κ1) is 16.6. The third kappa shape index (κ3) is 2.80. The lowest BCUT2D eigenvalue weighted by Crippen LogP contribution is -2.13. The maximum absolute atomic E-state index is 12.5. The second kappa shape index (κ2) is 6.32. The molecule has 0 saturated carbocycles. The summed E-state index contributed by atoms with van der Waals surface area (Å²) in [4.78, 5) is 28.6. The molecule has 3 rings (SSSR count). The summed E-state index contributed by atoms with van der Waals surface area (Å²) in [6, 6.07) is 7.27. The van der Waals surface area contributed by atoms with E-state index in [1.807, 2.05) is 32.9 Å². The van der Waals surface area contributed by atoms with Crippen molar-refractivity contribution < 1.29 is 9.53 Å². The van der Waals surface area contributed by atoms with E-state index in [2.05, 4.69) is 10.1 Å². The summed E-state index contributed by atoms with van der Waals surface area (Å²) >= 11 is 1.54. The smallest absolute Gasteiger partial charge is 0.337 e. The number of hydrogen-bond donors (Lipinski definition) is 1. The number of benzene rings is 1. The van der Waals surface area contributed by atoms with Crippen molar-refractivity contribution in [3.63, 3.8) is 0 Å². The predicted molar refractivity (Wildman–Crippen MR) is 95.4 cm³/mol. The molecule has 1 aromatic carbocycles. The monoisotopic (exact) mass is 345 g/mol. The first-order chi connectivity index (χ1) is 11.4. The van der Waals surface area contributed by atoms with Gasteiger partial charge in [-0.2, -0.15) is 0 Å². The van der Waals surface area contributed by atoms with Gasteiger partial charge in [-0.3, -0.25) is 14.6 Å². The highest BCUT2D eigenvalue weighted by atomic mass is 32.2. The van der Waals surface area contributed by atoms with Crippen LogP contribution in [-0.2, 0) is 4.74 Å². The van der Waals surface area contributed by atoms with Crippen LogP contribution in [0.4, 0.5) is 5.82 Å². The number of nitrogens with one attached hydrogen (secondary N) is 1. The van der Waals surface area contributed by atoms with Gasteiger partial charge in [0, 0.05) is 6.04 Å². The van der Waals surface area contributed by atoms with Crippen molar-refractivity contribution in [1.82, 2.24) is 9.78 Å². The molecule has 0 saturated heterocycles. The van der Waals surface area contributed by atoms with Crippen LogP contribution in [0.5, 0.6) is 0 Å². The topological polar surface area (TPSA) is 76.4 Å². The molecule has 0 bridgehead atoms. The van der Waals surface area contributed by atoms with Crippen LogP contribution in [0, 0.1) is 0 Å². The average Bonchev–Trinajstić information content (AvgIpc) is 2.90. The number of ether oxygens (including phenoxy) is 1. The van der Waals surface area contributed by atoms with E-state index < -0.39 is 0 Å². The number of carbonyl (C=O) groups is 1. The maximum atomic E-state index is 12.5. The minimum atomic E-state index is -0.375. The number of aromatic nitrogens is 2. The molecule has 0 aliphatic carbocycles. The fourth-order valence-electron chi connectivity index (χ4n) is 2.73. The minimum Gasteiger partial charge on any atom is -0.465 e. The number of esters is 1. The molecule has 6 nitrogen and oxygen atoms in total. The van der Waals surface area contributed by atoms with Crippen molar-refractivity contribution in [2.45, 2.75) is 32.1 Å². The molecule has 0 fully saturated rings. The molecule has 0 unspecified atom stereocenters. The highest BCUT2D eigenvalue weighted by Crippen LogP contribution is 2.43. The Morgan fingerprint density at radius 1 is 1.33 bits per heavy atom. The summed E-state index contributed by atoms with van der Waals surface area (Å²) in [6.45, 7) is 5.94. The molecule has 1 N–H and O–H groups in total. The van der Waals surface area contributed by atoms with Gasteiger partial charge in [0.15, 0.2) is 5.82 Å². The van der Waals surface area contributed by atoms with Crippen LogP contribution in [0.15, 0.2) is 34.1 Å². The molecule has 24 heavy (non-hydrogen) atoms. The third-order valence-electron chi connectivity index (χ3n) is 3.90. The number of hydrogen-bond acceptors (Lipinski definition) is 5. The predicted octanol–water partition coefficient (Wildman–Crippen LogP) is 3.43. The number of thioether (sulfide) groups is 1. The second-order valence-electron chi connectivity index (χ2n) is 5.88. The van der Waals surface area contributed by atoms with Crippen LogP contribution in [0.25, 0.3) is 0 Å². The Hall–Kier alpha value is -2.28. The van der Waals surface area contributed by atoms with Crippen LogP contribution in [-0.4, -0.2) is 27.9 Å². The zero-order valence-corrected chi connectivity index (χ0v) is 14.8. The zero-order valence-electron chi connectivity index (χ0n) is 14.0. The highest BCUT2D eigenvalue weighted by Gasteiger charge is 2.30. The summed E-state index contributed by atoms with van der Waals surface area (Å²) in [5.74, 6) is 0.313. The van der Waals surface area contributed by atoms with Crippen LogP contribution >= 0.6 is 11.8 Å². The number of methoxy groups -OCH3 is 1. The molecule has 2 heterocycles. The summed E-state index contributed by atoms with van der Waals surface area (Å²) in [5, 5.41) is 3.64. The van der Waals surface area contributed by atoms with Gasteiger partial charge in [-0.15, -0.1) is 0 Å². The summed E-state index contributed by atoms with van der Waals surface area (Å²) < 4.78 is 6.52. The number of rotatable bonds is 3. The van der Waals surface area contributed by atoms with Crippen molar-refractivity contribution >= 4 is 28.6 Å². The van der Waals surface area contributed by atoms with E-state index in [9.17, 15) is 9.59 Å². The van der Waals surface area contributed by atoms with E-state index in [1.165, 1.54) is 7.11 Å².